The number of carbonyl (C=O) groups excluding carboxylic acids is 2. The monoisotopic (exact) mass is 416 g/mol. The minimum Gasteiger partial charge on any atom is -0.352 e. The van der Waals surface area contributed by atoms with Crippen LogP contribution in [0.15, 0.2) is 84.9 Å². The molecule has 0 bridgehead atoms. The van der Waals surface area contributed by atoms with Crippen LogP contribution < -0.4 is 5.32 Å². The quantitative estimate of drug-likeness (QED) is 0.671. The van der Waals surface area contributed by atoms with E-state index in [1.807, 2.05) is 60.7 Å². The van der Waals surface area contributed by atoms with Crippen LogP contribution in [-0.2, 0) is 4.79 Å². The van der Waals surface area contributed by atoms with Gasteiger partial charge in [0.1, 0.15) is 5.82 Å². The second-order valence-electron chi connectivity index (χ2n) is 7.81. The highest BCUT2D eigenvalue weighted by Gasteiger charge is 2.29. The lowest BCUT2D eigenvalue weighted by atomic mass is 9.90. The second kappa shape index (κ2) is 9.56. The van der Waals surface area contributed by atoms with Crippen LogP contribution in [0, 0.1) is 5.82 Å². The van der Waals surface area contributed by atoms with Crippen LogP contribution >= 0.6 is 0 Å². The summed E-state index contributed by atoms with van der Waals surface area (Å²) in [6.45, 7) is 0.971. The zero-order valence-electron chi connectivity index (χ0n) is 17.2. The first kappa shape index (κ1) is 20.8. The molecule has 1 fully saturated rings. The van der Waals surface area contributed by atoms with Crippen molar-refractivity contribution >= 4 is 11.8 Å². The van der Waals surface area contributed by atoms with Gasteiger partial charge in [-0.1, -0.05) is 72.8 Å². The van der Waals surface area contributed by atoms with Crippen molar-refractivity contribution in [3.05, 3.63) is 107 Å². The van der Waals surface area contributed by atoms with Crippen molar-refractivity contribution < 1.29 is 14.0 Å². The van der Waals surface area contributed by atoms with Gasteiger partial charge in [0.25, 0.3) is 5.91 Å². The Hall–Kier alpha value is -3.47. The molecule has 1 saturated heterocycles. The Morgan fingerprint density at radius 3 is 1.87 bits per heavy atom. The molecule has 2 amide bonds. The largest absolute Gasteiger partial charge is 0.352 e. The van der Waals surface area contributed by atoms with E-state index in [1.54, 1.807) is 17.0 Å². The number of hydrogen-bond donors (Lipinski definition) is 1. The molecule has 1 N–H and O–H groups in total. The smallest absolute Gasteiger partial charge is 0.256 e. The molecular weight excluding hydrogens is 391 g/mol. The molecule has 0 aromatic heterocycles. The number of piperidine rings is 1. The fraction of sp³-hybridized carbons (Fsp3) is 0.231. The molecule has 1 heterocycles. The molecule has 0 unspecified atom stereocenters. The van der Waals surface area contributed by atoms with Crippen LogP contribution in [0.4, 0.5) is 4.39 Å². The minimum absolute atomic E-state index is 0.0212. The maximum absolute atomic E-state index is 14.0. The van der Waals surface area contributed by atoms with E-state index in [4.69, 9.17) is 0 Å². The maximum atomic E-state index is 14.0. The molecule has 4 rings (SSSR count). The van der Waals surface area contributed by atoms with Crippen molar-refractivity contribution in [1.82, 2.24) is 10.2 Å². The summed E-state index contributed by atoms with van der Waals surface area (Å²) in [5, 5.41) is 3.18. The molecule has 5 heteroatoms. The number of likely N-dealkylation sites (tertiary alicyclic amines) is 1. The average Bonchev–Trinajstić information content (AvgIpc) is 2.81. The normalized spacial score (nSPS) is 14.5. The van der Waals surface area contributed by atoms with E-state index in [-0.39, 0.29) is 29.3 Å². The number of rotatable bonds is 5. The highest BCUT2D eigenvalue weighted by molar-refractivity contribution is 5.94. The minimum atomic E-state index is -0.503. The summed E-state index contributed by atoms with van der Waals surface area (Å²) in [4.78, 5) is 27.5. The van der Waals surface area contributed by atoms with Crippen LogP contribution in [-0.4, -0.2) is 35.8 Å². The molecular formula is C26H25FN2O2. The maximum Gasteiger partial charge on any atom is 0.256 e. The summed E-state index contributed by atoms with van der Waals surface area (Å²) in [7, 11) is 0. The van der Waals surface area contributed by atoms with Crippen molar-refractivity contribution in [3.63, 3.8) is 0 Å². The Labute approximate surface area is 181 Å². The lowest BCUT2D eigenvalue weighted by molar-refractivity contribution is -0.122. The van der Waals surface area contributed by atoms with Crippen molar-refractivity contribution in [2.75, 3.05) is 13.1 Å². The first-order valence-electron chi connectivity index (χ1n) is 10.6. The highest BCUT2D eigenvalue weighted by Crippen LogP contribution is 2.26. The van der Waals surface area contributed by atoms with E-state index >= 15 is 0 Å². The first-order valence-corrected chi connectivity index (χ1v) is 10.6. The summed E-state index contributed by atoms with van der Waals surface area (Å²) in [5.74, 6) is -1.23. The summed E-state index contributed by atoms with van der Waals surface area (Å²) >= 11 is 0. The molecule has 1 aliphatic heterocycles. The molecule has 0 radical (unpaired) electrons. The molecule has 0 atom stereocenters. The predicted molar refractivity (Wildman–Crippen MR) is 118 cm³/mol. The summed E-state index contributed by atoms with van der Waals surface area (Å²) < 4.78 is 14.0. The van der Waals surface area contributed by atoms with Crippen molar-refractivity contribution in [2.45, 2.75) is 24.8 Å². The number of carbonyl (C=O) groups is 2. The fourth-order valence-electron chi connectivity index (χ4n) is 4.10. The summed E-state index contributed by atoms with van der Waals surface area (Å²) in [6.07, 6.45) is 1.28. The first-order chi connectivity index (χ1) is 15.1. The number of nitrogens with zero attached hydrogens (tertiary/aromatic N) is 1. The highest BCUT2D eigenvalue weighted by atomic mass is 19.1. The van der Waals surface area contributed by atoms with Gasteiger partial charge in [-0.3, -0.25) is 9.59 Å². The third kappa shape index (κ3) is 4.82. The topological polar surface area (TPSA) is 49.4 Å². The zero-order valence-corrected chi connectivity index (χ0v) is 17.2. The van der Waals surface area contributed by atoms with Gasteiger partial charge in [-0.05, 0) is 36.1 Å². The van der Waals surface area contributed by atoms with Crippen LogP contribution in [0.3, 0.4) is 0 Å². The van der Waals surface area contributed by atoms with Crippen LogP contribution in [0.5, 0.6) is 0 Å². The van der Waals surface area contributed by atoms with Gasteiger partial charge in [-0.15, -0.1) is 0 Å². The van der Waals surface area contributed by atoms with Gasteiger partial charge >= 0.3 is 0 Å². The molecule has 4 nitrogen and oxygen atoms in total. The lowest BCUT2D eigenvalue weighted by Gasteiger charge is -2.33. The van der Waals surface area contributed by atoms with Gasteiger partial charge in [-0.25, -0.2) is 4.39 Å². The third-order valence-electron chi connectivity index (χ3n) is 5.76. The predicted octanol–water partition coefficient (Wildman–Crippen LogP) is 4.38. The standard InChI is InChI=1S/C26H25FN2O2/c27-23-14-8-7-13-22(23)26(31)29-17-15-21(16-18-29)28-25(30)24(19-9-3-1-4-10-19)20-11-5-2-6-12-20/h1-14,21,24H,15-18H2,(H,28,30). The van der Waals surface area contributed by atoms with E-state index < -0.39 is 5.82 Å². The number of hydrogen-bond acceptors (Lipinski definition) is 2. The zero-order chi connectivity index (χ0) is 21.6. The Bertz CT molecular complexity index is 992. The number of halogens is 1. The average molecular weight is 416 g/mol. The molecule has 1 aliphatic rings. The molecule has 158 valence electrons. The van der Waals surface area contributed by atoms with Gasteiger partial charge in [0.05, 0.1) is 11.5 Å². The number of nitrogens with one attached hydrogen (secondary N) is 1. The molecule has 0 spiro atoms. The van der Waals surface area contributed by atoms with E-state index in [0.717, 1.165) is 11.1 Å². The number of benzene rings is 3. The summed E-state index contributed by atoms with van der Waals surface area (Å²) in [5.41, 5.74) is 1.98. The van der Waals surface area contributed by atoms with E-state index in [1.165, 1.54) is 12.1 Å². The van der Waals surface area contributed by atoms with Crippen LogP contribution in [0.25, 0.3) is 0 Å². The van der Waals surface area contributed by atoms with Crippen molar-refractivity contribution in [2.24, 2.45) is 0 Å². The molecule has 0 saturated carbocycles. The van der Waals surface area contributed by atoms with Crippen molar-refractivity contribution in [3.8, 4) is 0 Å². The van der Waals surface area contributed by atoms with Gasteiger partial charge in [0.15, 0.2) is 0 Å². The van der Waals surface area contributed by atoms with Gasteiger partial charge in [0.2, 0.25) is 5.91 Å². The van der Waals surface area contributed by atoms with Crippen LogP contribution in [0.1, 0.15) is 40.2 Å². The van der Waals surface area contributed by atoms with E-state index in [2.05, 4.69) is 5.32 Å². The Kier molecular flexibility index (Phi) is 6.41. The summed E-state index contributed by atoms with van der Waals surface area (Å²) in [6, 6.07) is 25.5. The molecule has 0 aliphatic carbocycles. The number of amides is 2. The molecule has 3 aromatic carbocycles. The van der Waals surface area contributed by atoms with Gasteiger partial charge in [0, 0.05) is 19.1 Å². The Morgan fingerprint density at radius 1 is 0.806 bits per heavy atom. The lowest BCUT2D eigenvalue weighted by Crippen LogP contribution is -2.47. The fourth-order valence-corrected chi connectivity index (χ4v) is 4.10. The van der Waals surface area contributed by atoms with E-state index in [0.29, 0.717) is 25.9 Å². The van der Waals surface area contributed by atoms with Gasteiger partial charge < -0.3 is 10.2 Å². The molecule has 31 heavy (non-hydrogen) atoms. The second-order valence-corrected chi connectivity index (χ2v) is 7.81. The van der Waals surface area contributed by atoms with Crippen molar-refractivity contribution in [1.29, 1.82) is 0 Å². The van der Waals surface area contributed by atoms with E-state index in [9.17, 15) is 14.0 Å². The molecule has 3 aromatic rings. The van der Waals surface area contributed by atoms with Gasteiger partial charge in [-0.2, -0.15) is 0 Å². The Morgan fingerprint density at radius 2 is 1.32 bits per heavy atom. The SMILES string of the molecule is O=C(NC1CCN(C(=O)c2ccccc2F)CC1)C(c1ccccc1)c1ccccc1. The Balaban J connectivity index is 1.42. The third-order valence-corrected chi connectivity index (χ3v) is 5.76. The van der Waals surface area contributed by atoms with Crippen LogP contribution in [0.2, 0.25) is 0 Å².